The summed E-state index contributed by atoms with van der Waals surface area (Å²) in [6.45, 7) is 8.89. The monoisotopic (exact) mass is 412 g/mol. The Morgan fingerprint density at radius 3 is 1.87 bits per heavy atom. The van der Waals surface area contributed by atoms with E-state index in [0.29, 0.717) is 29.4 Å². The van der Waals surface area contributed by atoms with Crippen LogP contribution in [0.15, 0.2) is 48.5 Å². The van der Waals surface area contributed by atoms with E-state index in [9.17, 15) is 9.59 Å². The zero-order valence-corrected chi connectivity index (χ0v) is 18.4. The van der Waals surface area contributed by atoms with Crippen LogP contribution in [0.5, 0.6) is 11.5 Å². The van der Waals surface area contributed by atoms with E-state index in [1.54, 1.807) is 48.5 Å². The molecule has 0 aliphatic carbocycles. The molecule has 0 saturated heterocycles. The highest BCUT2D eigenvalue weighted by atomic mass is 16.5. The Morgan fingerprint density at radius 1 is 0.800 bits per heavy atom. The molecule has 0 radical (unpaired) electrons. The van der Waals surface area contributed by atoms with E-state index in [-0.39, 0.29) is 12.1 Å². The van der Waals surface area contributed by atoms with Gasteiger partial charge in [-0.15, -0.1) is 0 Å². The molecule has 0 spiro atoms. The molecule has 1 atom stereocenters. The van der Waals surface area contributed by atoms with Crippen LogP contribution in [0, 0.1) is 5.92 Å². The fraction of sp³-hybridized carbons (Fsp3) is 0.440. The predicted molar refractivity (Wildman–Crippen MR) is 117 cm³/mol. The minimum Gasteiger partial charge on any atom is -0.494 e. The number of hydrogen-bond donors (Lipinski definition) is 0. The van der Waals surface area contributed by atoms with Gasteiger partial charge in [-0.05, 0) is 74.2 Å². The van der Waals surface area contributed by atoms with E-state index in [2.05, 4.69) is 13.8 Å². The number of hydrogen-bond acceptors (Lipinski definition) is 5. The zero-order chi connectivity index (χ0) is 21.9. The minimum absolute atomic E-state index is 0.135. The molecule has 2 rings (SSSR count). The van der Waals surface area contributed by atoms with Crippen molar-refractivity contribution in [3.63, 3.8) is 0 Å². The van der Waals surface area contributed by atoms with Crippen molar-refractivity contribution in [3.8, 4) is 11.5 Å². The second kappa shape index (κ2) is 12.0. The zero-order valence-electron chi connectivity index (χ0n) is 18.4. The van der Waals surface area contributed by atoms with Crippen molar-refractivity contribution < 1.29 is 23.8 Å². The summed E-state index contributed by atoms with van der Waals surface area (Å²) >= 11 is 0. The third kappa shape index (κ3) is 7.21. The van der Waals surface area contributed by atoms with Crippen molar-refractivity contribution in [2.75, 3.05) is 6.61 Å². The maximum atomic E-state index is 12.3. The van der Waals surface area contributed by atoms with E-state index in [0.717, 1.165) is 31.4 Å². The summed E-state index contributed by atoms with van der Waals surface area (Å²) in [7, 11) is 0. The summed E-state index contributed by atoms with van der Waals surface area (Å²) in [5.74, 6) is 0.810. The first-order chi connectivity index (χ1) is 14.5. The highest BCUT2D eigenvalue weighted by Crippen LogP contribution is 2.20. The maximum Gasteiger partial charge on any atom is 0.343 e. The van der Waals surface area contributed by atoms with Gasteiger partial charge in [-0.2, -0.15) is 0 Å². The SMILES string of the molecule is CCCOc1ccc(C(=O)Oc2ccc(C(=O)O[C@H](C)CC(CC)CC)cc2)cc1. The summed E-state index contributed by atoms with van der Waals surface area (Å²) in [4.78, 5) is 24.6. The minimum atomic E-state index is -0.467. The lowest BCUT2D eigenvalue weighted by Crippen LogP contribution is -2.18. The average Bonchev–Trinajstić information content (AvgIpc) is 2.76. The number of carbonyl (C=O) groups excluding carboxylic acids is 2. The lowest BCUT2D eigenvalue weighted by atomic mass is 9.97. The van der Waals surface area contributed by atoms with Gasteiger partial charge in [0.1, 0.15) is 11.5 Å². The molecular formula is C25H32O5. The van der Waals surface area contributed by atoms with E-state index in [1.807, 2.05) is 13.8 Å². The molecule has 30 heavy (non-hydrogen) atoms. The number of rotatable bonds is 11. The first kappa shape index (κ1) is 23.5. The van der Waals surface area contributed by atoms with Crippen LogP contribution in [0.3, 0.4) is 0 Å². The highest BCUT2D eigenvalue weighted by molar-refractivity contribution is 5.92. The Kier molecular flexibility index (Phi) is 9.39. The Morgan fingerprint density at radius 2 is 1.33 bits per heavy atom. The van der Waals surface area contributed by atoms with Crippen LogP contribution < -0.4 is 9.47 Å². The predicted octanol–water partition coefficient (Wildman–Crippen LogP) is 6.07. The lowest BCUT2D eigenvalue weighted by molar-refractivity contribution is 0.0285. The van der Waals surface area contributed by atoms with Crippen LogP contribution in [0.25, 0.3) is 0 Å². The average molecular weight is 413 g/mol. The normalized spacial score (nSPS) is 11.8. The van der Waals surface area contributed by atoms with Gasteiger partial charge in [-0.3, -0.25) is 0 Å². The smallest absolute Gasteiger partial charge is 0.343 e. The summed E-state index contributed by atoms with van der Waals surface area (Å²) < 4.78 is 16.4. The van der Waals surface area contributed by atoms with Crippen molar-refractivity contribution in [2.24, 2.45) is 5.92 Å². The van der Waals surface area contributed by atoms with Crippen LogP contribution >= 0.6 is 0 Å². The van der Waals surface area contributed by atoms with Gasteiger partial charge < -0.3 is 14.2 Å². The molecule has 5 heteroatoms. The first-order valence-corrected chi connectivity index (χ1v) is 10.7. The van der Waals surface area contributed by atoms with Gasteiger partial charge in [0, 0.05) is 0 Å². The van der Waals surface area contributed by atoms with Crippen LogP contribution in [-0.4, -0.2) is 24.6 Å². The molecule has 0 fully saturated rings. The van der Waals surface area contributed by atoms with E-state index in [1.165, 1.54) is 0 Å². The van der Waals surface area contributed by atoms with Gasteiger partial charge in [0.15, 0.2) is 0 Å². The second-order valence-electron chi connectivity index (χ2n) is 7.42. The Labute approximate surface area is 179 Å². The van der Waals surface area contributed by atoms with Crippen LogP contribution in [-0.2, 0) is 4.74 Å². The third-order valence-electron chi connectivity index (χ3n) is 4.99. The second-order valence-corrected chi connectivity index (χ2v) is 7.42. The standard InChI is InChI=1S/C25H32O5/c1-5-16-28-22-12-8-21(9-13-22)25(27)30-23-14-10-20(11-15-23)24(26)29-18(4)17-19(6-2)7-3/h8-15,18-19H,5-7,16-17H2,1-4H3/t18-/m1/s1. The van der Waals surface area contributed by atoms with Crippen molar-refractivity contribution in [1.82, 2.24) is 0 Å². The molecule has 0 aliphatic rings. The third-order valence-corrected chi connectivity index (χ3v) is 4.99. The molecule has 162 valence electrons. The van der Waals surface area contributed by atoms with Crippen molar-refractivity contribution in [3.05, 3.63) is 59.7 Å². The Hall–Kier alpha value is -2.82. The first-order valence-electron chi connectivity index (χ1n) is 10.7. The fourth-order valence-electron chi connectivity index (χ4n) is 3.12. The maximum absolute atomic E-state index is 12.3. The summed E-state index contributed by atoms with van der Waals surface area (Å²) in [5, 5.41) is 0. The fourth-order valence-corrected chi connectivity index (χ4v) is 3.12. The van der Waals surface area contributed by atoms with Gasteiger partial charge in [-0.25, -0.2) is 9.59 Å². The molecule has 0 N–H and O–H groups in total. The molecule has 0 unspecified atom stereocenters. The molecule has 0 heterocycles. The van der Waals surface area contributed by atoms with Crippen LogP contribution in [0.4, 0.5) is 0 Å². The van der Waals surface area contributed by atoms with Crippen LogP contribution in [0.1, 0.15) is 74.1 Å². The van der Waals surface area contributed by atoms with E-state index in [4.69, 9.17) is 14.2 Å². The largest absolute Gasteiger partial charge is 0.494 e. The van der Waals surface area contributed by atoms with Crippen molar-refractivity contribution in [1.29, 1.82) is 0 Å². The number of benzene rings is 2. The molecule has 2 aromatic carbocycles. The van der Waals surface area contributed by atoms with Gasteiger partial charge >= 0.3 is 11.9 Å². The molecule has 0 bridgehead atoms. The topological polar surface area (TPSA) is 61.8 Å². The molecule has 5 nitrogen and oxygen atoms in total. The molecule has 0 aromatic heterocycles. The Balaban J connectivity index is 1.90. The molecular weight excluding hydrogens is 380 g/mol. The number of esters is 2. The summed E-state index contributed by atoms with van der Waals surface area (Å²) in [6.07, 6.45) is 3.80. The van der Waals surface area contributed by atoms with Gasteiger partial charge in [0.25, 0.3) is 0 Å². The van der Waals surface area contributed by atoms with Gasteiger partial charge in [0.2, 0.25) is 0 Å². The summed E-state index contributed by atoms with van der Waals surface area (Å²) in [6, 6.07) is 13.2. The van der Waals surface area contributed by atoms with E-state index < -0.39 is 5.97 Å². The molecule has 0 saturated carbocycles. The Bertz CT molecular complexity index is 791. The van der Waals surface area contributed by atoms with Crippen molar-refractivity contribution in [2.45, 2.75) is 59.5 Å². The molecule has 0 aliphatic heterocycles. The van der Waals surface area contributed by atoms with E-state index >= 15 is 0 Å². The quantitative estimate of drug-likeness (QED) is 0.331. The van der Waals surface area contributed by atoms with Gasteiger partial charge in [0.05, 0.1) is 23.8 Å². The van der Waals surface area contributed by atoms with Gasteiger partial charge in [-0.1, -0.05) is 33.6 Å². The number of ether oxygens (including phenoxy) is 3. The lowest BCUT2D eigenvalue weighted by Gasteiger charge is -2.18. The number of carbonyl (C=O) groups is 2. The highest BCUT2D eigenvalue weighted by Gasteiger charge is 2.16. The van der Waals surface area contributed by atoms with Crippen LogP contribution in [0.2, 0.25) is 0 Å². The molecule has 2 aromatic rings. The summed E-state index contributed by atoms with van der Waals surface area (Å²) in [5.41, 5.74) is 0.862. The molecule has 0 amide bonds. The van der Waals surface area contributed by atoms with Crippen molar-refractivity contribution >= 4 is 11.9 Å².